The van der Waals surface area contributed by atoms with Gasteiger partial charge in [0.25, 0.3) is 0 Å². The van der Waals surface area contributed by atoms with Gasteiger partial charge < -0.3 is 9.47 Å². The van der Waals surface area contributed by atoms with Crippen LogP contribution in [0.5, 0.6) is 0 Å². The molecule has 2 rings (SSSR count). The molecule has 0 bridgehead atoms. The third-order valence-electron chi connectivity index (χ3n) is 5.39. The van der Waals surface area contributed by atoms with Crippen molar-refractivity contribution in [2.45, 2.75) is 65.2 Å². The number of fused-ring (bicyclic) bond motifs is 1. The number of carbonyl (C=O) groups excluding carboxylic acids is 2. The van der Waals surface area contributed by atoms with E-state index in [4.69, 9.17) is 9.47 Å². The molecule has 0 spiro atoms. The van der Waals surface area contributed by atoms with E-state index in [0.717, 1.165) is 51.4 Å². The normalized spacial score (nSPS) is 30.2. The summed E-state index contributed by atoms with van der Waals surface area (Å²) >= 11 is 0. The molecule has 4 heteroatoms. The quantitative estimate of drug-likeness (QED) is 0.377. The molecule has 2 aliphatic carbocycles. The van der Waals surface area contributed by atoms with E-state index in [1.807, 2.05) is 0 Å². The Hall–Kier alpha value is -1.32. The third kappa shape index (κ3) is 4.61. The van der Waals surface area contributed by atoms with E-state index in [2.05, 4.69) is 26.0 Å². The van der Waals surface area contributed by atoms with E-state index in [1.165, 1.54) is 0 Å². The SMILES string of the molecule is CCCCOC(=O)[C@@H]1[C@H]2CC/C=C\CC[C@@H]2[C@@H]1C(=O)OCCCC. The zero-order valence-corrected chi connectivity index (χ0v) is 15.2. The van der Waals surface area contributed by atoms with Crippen molar-refractivity contribution < 1.29 is 19.1 Å². The molecular formula is C20H32O4. The summed E-state index contributed by atoms with van der Waals surface area (Å²) in [5.74, 6) is -0.432. The predicted molar refractivity (Wildman–Crippen MR) is 93.3 cm³/mol. The maximum atomic E-state index is 12.6. The third-order valence-corrected chi connectivity index (χ3v) is 5.39. The van der Waals surface area contributed by atoms with Gasteiger partial charge in [0.1, 0.15) is 0 Å². The number of carbonyl (C=O) groups is 2. The van der Waals surface area contributed by atoms with E-state index in [-0.39, 0.29) is 35.6 Å². The van der Waals surface area contributed by atoms with Crippen LogP contribution in [0.15, 0.2) is 12.2 Å². The lowest BCUT2D eigenvalue weighted by Crippen LogP contribution is -2.55. The van der Waals surface area contributed by atoms with Crippen molar-refractivity contribution >= 4 is 11.9 Å². The van der Waals surface area contributed by atoms with Gasteiger partial charge in [-0.1, -0.05) is 38.8 Å². The molecule has 0 unspecified atom stereocenters. The molecule has 136 valence electrons. The molecule has 1 fully saturated rings. The van der Waals surface area contributed by atoms with Crippen molar-refractivity contribution in [3.63, 3.8) is 0 Å². The second-order valence-corrected chi connectivity index (χ2v) is 7.05. The van der Waals surface area contributed by atoms with Gasteiger partial charge in [-0.2, -0.15) is 0 Å². The Balaban J connectivity index is 2.02. The van der Waals surface area contributed by atoms with Crippen molar-refractivity contribution in [3.8, 4) is 0 Å². The zero-order valence-electron chi connectivity index (χ0n) is 15.2. The van der Waals surface area contributed by atoms with Gasteiger partial charge in [0.05, 0.1) is 25.0 Å². The van der Waals surface area contributed by atoms with E-state index in [9.17, 15) is 9.59 Å². The molecule has 0 aliphatic heterocycles. The first-order valence-electron chi connectivity index (χ1n) is 9.69. The van der Waals surface area contributed by atoms with Gasteiger partial charge in [0, 0.05) is 0 Å². The summed E-state index contributed by atoms with van der Waals surface area (Å²) in [6.45, 7) is 5.06. The average Bonchev–Trinajstić information content (AvgIpc) is 2.53. The second-order valence-electron chi connectivity index (χ2n) is 7.05. The molecule has 2 aliphatic rings. The summed E-state index contributed by atoms with van der Waals surface area (Å²) in [7, 11) is 0. The Morgan fingerprint density at radius 3 is 1.62 bits per heavy atom. The van der Waals surface area contributed by atoms with Crippen molar-refractivity contribution in [2.24, 2.45) is 23.7 Å². The Labute approximate surface area is 146 Å². The second kappa shape index (κ2) is 9.85. The molecule has 0 N–H and O–H groups in total. The first-order valence-corrected chi connectivity index (χ1v) is 9.69. The molecule has 0 radical (unpaired) electrons. The average molecular weight is 336 g/mol. The highest BCUT2D eigenvalue weighted by Gasteiger charge is 2.57. The summed E-state index contributed by atoms with van der Waals surface area (Å²) in [5.41, 5.74) is 0. The van der Waals surface area contributed by atoms with Crippen LogP contribution in [0.3, 0.4) is 0 Å². The molecule has 0 heterocycles. The summed E-state index contributed by atoms with van der Waals surface area (Å²) in [6, 6.07) is 0. The van der Waals surface area contributed by atoms with Crippen LogP contribution >= 0.6 is 0 Å². The number of allylic oxidation sites excluding steroid dienone is 2. The van der Waals surface area contributed by atoms with Crippen LogP contribution in [0.25, 0.3) is 0 Å². The maximum absolute atomic E-state index is 12.6. The van der Waals surface area contributed by atoms with Crippen LogP contribution in [-0.4, -0.2) is 25.2 Å². The number of hydrogen-bond acceptors (Lipinski definition) is 4. The molecule has 0 aromatic rings. The highest BCUT2D eigenvalue weighted by atomic mass is 16.5. The van der Waals surface area contributed by atoms with E-state index < -0.39 is 0 Å². The van der Waals surface area contributed by atoms with Gasteiger partial charge in [-0.3, -0.25) is 9.59 Å². The summed E-state index contributed by atoms with van der Waals surface area (Å²) < 4.78 is 10.9. The minimum absolute atomic E-state index is 0.188. The summed E-state index contributed by atoms with van der Waals surface area (Å²) in [6.07, 6.45) is 12.0. The fourth-order valence-corrected chi connectivity index (χ4v) is 3.99. The van der Waals surface area contributed by atoms with Crippen LogP contribution in [0.4, 0.5) is 0 Å². The fraction of sp³-hybridized carbons (Fsp3) is 0.800. The van der Waals surface area contributed by atoms with Gasteiger partial charge in [0.2, 0.25) is 0 Å². The van der Waals surface area contributed by atoms with E-state index in [1.54, 1.807) is 0 Å². The Bertz CT molecular complexity index is 403. The van der Waals surface area contributed by atoms with E-state index in [0.29, 0.717) is 13.2 Å². The molecule has 0 aromatic carbocycles. The Morgan fingerprint density at radius 2 is 1.25 bits per heavy atom. The topological polar surface area (TPSA) is 52.6 Å². The Morgan fingerprint density at radius 1 is 0.833 bits per heavy atom. The van der Waals surface area contributed by atoms with Crippen LogP contribution in [-0.2, 0) is 19.1 Å². The van der Waals surface area contributed by atoms with Crippen molar-refractivity contribution in [1.29, 1.82) is 0 Å². The molecular weight excluding hydrogens is 304 g/mol. The Kier molecular flexibility index (Phi) is 7.80. The highest BCUT2D eigenvalue weighted by molar-refractivity contribution is 5.85. The molecule has 24 heavy (non-hydrogen) atoms. The number of esters is 2. The minimum atomic E-state index is -0.299. The van der Waals surface area contributed by atoms with Crippen molar-refractivity contribution in [3.05, 3.63) is 12.2 Å². The van der Waals surface area contributed by atoms with Gasteiger partial charge in [-0.05, 0) is 50.4 Å². The molecule has 4 nitrogen and oxygen atoms in total. The lowest BCUT2D eigenvalue weighted by atomic mass is 9.53. The number of hydrogen-bond donors (Lipinski definition) is 0. The standard InChI is InChI=1S/C20H32O4/c1-3-5-13-23-19(21)17-15-11-9-7-8-10-12-16(15)18(17)20(22)24-14-6-4-2/h7-8,15-18H,3-6,9-14H2,1-2H3/b8-7-/t15-,16-,17-,18+/m0/s1. The molecule has 0 saturated heterocycles. The van der Waals surface area contributed by atoms with Gasteiger partial charge >= 0.3 is 11.9 Å². The maximum Gasteiger partial charge on any atom is 0.310 e. The van der Waals surface area contributed by atoms with Crippen LogP contribution in [0, 0.1) is 23.7 Å². The lowest BCUT2D eigenvalue weighted by Gasteiger charge is -2.49. The number of ether oxygens (including phenoxy) is 2. The number of unbranched alkanes of at least 4 members (excludes halogenated alkanes) is 2. The fourth-order valence-electron chi connectivity index (χ4n) is 3.99. The summed E-state index contributed by atoms with van der Waals surface area (Å²) in [4.78, 5) is 25.1. The zero-order chi connectivity index (χ0) is 17.4. The van der Waals surface area contributed by atoms with Crippen molar-refractivity contribution in [1.82, 2.24) is 0 Å². The van der Waals surface area contributed by atoms with Crippen molar-refractivity contribution in [2.75, 3.05) is 13.2 Å². The lowest BCUT2D eigenvalue weighted by molar-refractivity contribution is -0.183. The first kappa shape index (κ1) is 19.0. The van der Waals surface area contributed by atoms with Crippen LogP contribution in [0.1, 0.15) is 65.2 Å². The van der Waals surface area contributed by atoms with Gasteiger partial charge in [-0.15, -0.1) is 0 Å². The van der Waals surface area contributed by atoms with Crippen LogP contribution in [0.2, 0.25) is 0 Å². The molecule has 4 atom stereocenters. The first-order chi connectivity index (χ1) is 11.7. The largest absolute Gasteiger partial charge is 0.465 e. The monoisotopic (exact) mass is 336 g/mol. The van der Waals surface area contributed by atoms with Gasteiger partial charge in [0.15, 0.2) is 0 Å². The highest BCUT2D eigenvalue weighted by Crippen LogP contribution is 2.52. The molecule has 0 amide bonds. The van der Waals surface area contributed by atoms with Crippen LogP contribution < -0.4 is 0 Å². The van der Waals surface area contributed by atoms with Gasteiger partial charge in [-0.25, -0.2) is 0 Å². The molecule has 0 aromatic heterocycles. The smallest absolute Gasteiger partial charge is 0.310 e. The predicted octanol–water partition coefficient (Wildman–Crippen LogP) is 4.28. The van der Waals surface area contributed by atoms with E-state index >= 15 is 0 Å². The summed E-state index contributed by atoms with van der Waals surface area (Å²) in [5, 5.41) is 0. The molecule has 1 saturated carbocycles. The number of rotatable bonds is 8. The minimum Gasteiger partial charge on any atom is -0.465 e.